The van der Waals surface area contributed by atoms with E-state index in [9.17, 15) is 9.18 Å². The third-order valence-corrected chi connectivity index (χ3v) is 2.72. The van der Waals surface area contributed by atoms with E-state index in [1.165, 1.54) is 30.8 Å². The highest BCUT2D eigenvalue weighted by atomic mass is 32.2. The maximum atomic E-state index is 12.7. The van der Waals surface area contributed by atoms with Crippen molar-refractivity contribution in [2.75, 3.05) is 5.75 Å². The molecule has 0 aliphatic rings. The number of halogens is 1. The first kappa shape index (κ1) is 12.8. The van der Waals surface area contributed by atoms with Crippen LogP contribution < -0.4 is 0 Å². The number of phenols is 1. The molecule has 1 aromatic carbocycles. The van der Waals surface area contributed by atoms with Crippen molar-refractivity contribution in [2.24, 2.45) is 0 Å². The molecule has 4 heteroatoms. The van der Waals surface area contributed by atoms with E-state index in [1.807, 2.05) is 6.08 Å². The topological polar surface area (TPSA) is 37.3 Å². The average molecular weight is 240 g/mol. The number of carbonyl (C=O) groups excluding carboxylic acids is 1. The monoisotopic (exact) mass is 240 g/mol. The van der Waals surface area contributed by atoms with E-state index in [1.54, 1.807) is 12.1 Å². The summed E-state index contributed by atoms with van der Waals surface area (Å²) in [5.41, 5.74) is 0.742. The minimum atomic E-state index is -0.621. The Balaban J connectivity index is 2.44. The minimum absolute atomic E-state index is 0.104. The second kappa shape index (κ2) is 6.33. The SMILES string of the molecule is CC(=O)SCCC=Cc1ccc(F)c(O)c1. The largest absolute Gasteiger partial charge is 0.505 e. The van der Waals surface area contributed by atoms with Gasteiger partial charge < -0.3 is 5.11 Å². The number of hydrogen-bond donors (Lipinski definition) is 1. The molecule has 0 aliphatic heterocycles. The molecule has 0 aliphatic carbocycles. The number of benzene rings is 1. The van der Waals surface area contributed by atoms with Gasteiger partial charge in [0, 0.05) is 12.7 Å². The first-order chi connectivity index (χ1) is 7.59. The van der Waals surface area contributed by atoms with Crippen molar-refractivity contribution in [1.29, 1.82) is 0 Å². The fourth-order valence-electron chi connectivity index (χ4n) is 1.12. The predicted molar refractivity (Wildman–Crippen MR) is 64.9 cm³/mol. The van der Waals surface area contributed by atoms with Crippen LogP contribution in [-0.4, -0.2) is 16.0 Å². The van der Waals surface area contributed by atoms with Crippen LogP contribution in [0.5, 0.6) is 5.75 Å². The zero-order valence-corrected chi connectivity index (χ0v) is 9.76. The van der Waals surface area contributed by atoms with Crippen LogP contribution in [0.4, 0.5) is 4.39 Å². The molecular weight excluding hydrogens is 227 g/mol. The summed E-state index contributed by atoms with van der Waals surface area (Å²) in [6.07, 6.45) is 4.45. The second-order valence-electron chi connectivity index (χ2n) is 3.24. The molecule has 0 amide bonds. The third-order valence-electron chi connectivity index (χ3n) is 1.87. The molecule has 0 spiro atoms. The van der Waals surface area contributed by atoms with Gasteiger partial charge in [-0.2, -0.15) is 0 Å². The fraction of sp³-hybridized carbons (Fsp3) is 0.250. The molecule has 0 heterocycles. The number of phenolic OH excluding ortho intramolecular Hbond substituents is 1. The predicted octanol–water partition coefficient (Wildman–Crippen LogP) is 3.21. The van der Waals surface area contributed by atoms with Gasteiger partial charge in [-0.25, -0.2) is 4.39 Å². The minimum Gasteiger partial charge on any atom is -0.505 e. The molecule has 0 fully saturated rings. The van der Waals surface area contributed by atoms with Crippen molar-refractivity contribution in [1.82, 2.24) is 0 Å². The number of aromatic hydroxyl groups is 1. The normalized spacial score (nSPS) is 10.9. The van der Waals surface area contributed by atoms with Gasteiger partial charge in [0.15, 0.2) is 16.7 Å². The van der Waals surface area contributed by atoms with Crippen molar-refractivity contribution in [2.45, 2.75) is 13.3 Å². The van der Waals surface area contributed by atoms with Crippen LogP contribution in [0.3, 0.4) is 0 Å². The Kier molecular flexibility index (Phi) is 5.05. The number of carbonyl (C=O) groups is 1. The zero-order chi connectivity index (χ0) is 12.0. The molecule has 0 unspecified atom stereocenters. The Labute approximate surface area is 98.2 Å². The first-order valence-electron chi connectivity index (χ1n) is 4.88. The van der Waals surface area contributed by atoms with Gasteiger partial charge in [-0.1, -0.05) is 30.0 Å². The zero-order valence-electron chi connectivity index (χ0n) is 8.94. The highest BCUT2D eigenvalue weighted by Crippen LogP contribution is 2.17. The van der Waals surface area contributed by atoms with E-state index < -0.39 is 5.82 Å². The van der Waals surface area contributed by atoms with E-state index in [0.717, 1.165) is 17.7 Å². The van der Waals surface area contributed by atoms with Crippen molar-refractivity contribution in [3.05, 3.63) is 35.7 Å². The van der Waals surface area contributed by atoms with E-state index in [2.05, 4.69) is 0 Å². The van der Waals surface area contributed by atoms with Crippen molar-refractivity contribution >= 4 is 23.0 Å². The Morgan fingerprint density at radius 1 is 1.56 bits per heavy atom. The Hall–Kier alpha value is -1.29. The van der Waals surface area contributed by atoms with Gasteiger partial charge in [-0.15, -0.1) is 0 Å². The summed E-state index contributed by atoms with van der Waals surface area (Å²) in [6.45, 7) is 1.53. The molecule has 0 saturated heterocycles. The molecule has 1 aromatic rings. The lowest BCUT2D eigenvalue weighted by molar-refractivity contribution is -0.109. The highest BCUT2D eigenvalue weighted by Gasteiger charge is 1.98. The molecule has 1 rings (SSSR count). The Morgan fingerprint density at radius 3 is 2.94 bits per heavy atom. The smallest absolute Gasteiger partial charge is 0.185 e. The number of thioether (sulfide) groups is 1. The van der Waals surface area contributed by atoms with Crippen LogP contribution in [0.25, 0.3) is 6.08 Å². The standard InChI is InChI=1S/C12H13FO2S/c1-9(14)16-7-3-2-4-10-5-6-11(13)12(15)8-10/h2,4-6,8,15H,3,7H2,1H3. The van der Waals surface area contributed by atoms with Gasteiger partial charge in [-0.05, 0) is 24.1 Å². The Morgan fingerprint density at radius 2 is 2.31 bits per heavy atom. The summed E-state index contributed by atoms with van der Waals surface area (Å²) in [4.78, 5) is 10.6. The first-order valence-corrected chi connectivity index (χ1v) is 5.86. The summed E-state index contributed by atoms with van der Waals surface area (Å²) >= 11 is 1.27. The van der Waals surface area contributed by atoms with Crippen LogP contribution >= 0.6 is 11.8 Å². The molecule has 0 saturated carbocycles. The summed E-state index contributed by atoms with van der Waals surface area (Å²) in [5.74, 6) is -0.233. The number of allylic oxidation sites excluding steroid dienone is 1. The average Bonchev–Trinajstić information content (AvgIpc) is 2.22. The molecule has 0 radical (unpaired) electrons. The number of rotatable bonds is 4. The van der Waals surface area contributed by atoms with Gasteiger partial charge >= 0.3 is 0 Å². The van der Waals surface area contributed by atoms with Crippen molar-refractivity contribution in [3.63, 3.8) is 0 Å². The fourth-order valence-corrected chi connectivity index (χ4v) is 1.66. The number of hydrogen-bond acceptors (Lipinski definition) is 3. The maximum absolute atomic E-state index is 12.7. The van der Waals surface area contributed by atoms with E-state index in [4.69, 9.17) is 5.11 Å². The van der Waals surface area contributed by atoms with Crippen LogP contribution in [0.1, 0.15) is 18.9 Å². The molecule has 1 N–H and O–H groups in total. The van der Waals surface area contributed by atoms with Gasteiger partial charge in [0.1, 0.15) is 0 Å². The van der Waals surface area contributed by atoms with Crippen molar-refractivity contribution < 1.29 is 14.3 Å². The van der Waals surface area contributed by atoms with Gasteiger partial charge in [-0.3, -0.25) is 4.79 Å². The van der Waals surface area contributed by atoms with Crippen LogP contribution in [-0.2, 0) is 4.79 Å². The van der Waals surface area contributed by atoms with Crippen LogP contribution in [0.2, 0.25) is 0 Å². The molecule has 86 valence electrons. The van der Waals surface area contributed by atoms with Gasteiger partial charge in [0.2, 0.25) is 0 Å². The lowest BCUT2D eigenvalue weighted by Crippen LogP contribution is -1.83. The van der Waals surface area contributed by atoms with Gasteiger partial charge in [0.25, 0.3) is 0 Å². The lowest BCUT2D eigenvalue weighted by atomic mass is 10.2. The summed E-state index contributed by atoms with van der Waals surface area (Å²) < 4.78 is 12.7. The van der Waals surface area contributed by atoms with E-state index in [0.29, 0.717) is 0 Å². The lowest BCUT2D eigenvalue weighted by Gasteiger charge is -1.97. The molecule has 16 heavy (non-hydrogen) atoms. The maximum Gasteiger partial charge on any atom is 0.185 e. The second-order valence-corrected chi connectivity index (χ2v) is 4.51. The molecule has 0 bridgehead atoms. The van der Waals surface area contributed by atoms with Crippen molar-refractivity contribution in [3.8, 4) is 5.75 Å². The summed E-state index contributed by atoms with van der Waals surface area (Å²) in [6, 6.07) is 4.17. The Bertz CT molecular complexity index is 402. The third kappa shape index (κ3) is 4.49. The molecule has 0 aromatic heterocycles. The summed E-state index contributed by atoms with van der Waals surface area (Å²) in [5, 5.41) is 9.22. The summed E-state index contributed by atoms with van der Waals surface area (Å²) in [7, 11) is 0. The van der Waals surface area contributed by atoms with Crippen LogP contribution in [0, 0.1) is 5.82 Å². The molecule has 2 nitrogen and oxygen atoms in total. The molecule has 0 atom stereocenters. The molecular formula is C12H13FO2S. The highest BCUT2D eigenvalue weighted by molar-refractivity contribution is 8.13. The van der Waals surface area contributed by atoms with Crippen LogP contribution in [0.15, 0.2) is 24.3 Å². The van der Waals surface area contributed by atoms with E-state index >= 15 is 0 Å². The quantitative estimate of drug-likeness (QED) is 0.821. The van der Waals surface area contributed by atoms with Gasteiger partial charge in [0.05, 0.1) is 0 Å². The van der Waals surface area contributed by atoms with E-state index in [-0.39, 0.29) is 10.9 Å².